The second-order valence-corrected chi connectivity index (χ2v) is 9.80. The molecular formula is C22H25ClN4O4S. The molecule has 1 saturated heterocycles. The summed E-state index contributed by atoms with van der Waals surface area (Å²) in [5, 5.41) is 0.524. The second-order valence-electron chi connectivity index (χ2n) is 7.62. The third kappa shape index (κ3) is 6.81. The molecule has 3 rings (SSSR count). The predicted molar refractivity (Wildman–Crippen MR) is 127 cm³/mol. The van der Waals surface area contributed by atoms with Crippen molar-refractivity contribution in [3.63, 3.8) is 0 Å². The summed E-state index contributed by atoms with van der Waals surface area (Å²) in [5.41, 5.74) is 7.57. The first-order valence-electron chi connectivity index (χ1n) is 9.97. The van der Waals surface area contributed by atoms with Gasteiger partial charge in [-0.25, -0.2) is 8.42 Å². The molecule has 10 heteroatoms. The number of likely N-dealkylation sites (tertiary alicyclic amines) is 1. The van der Waals surface area contributed by atoms with Crippen LogP contribution in [0.3, 0.4) is 0 Å². The minimum absolute atomic E-state index is 0.0429. The third-order valence-electron chi connectivity index (χ3n) is 4.91. The fourth-order valence-electron chi connectivity index (χ4n) is 3.30. The highest BCUT2D eigenvalue weighted by molar-refractivity contribution is 7.92. The Morgan fingerprint density at radius 3 is 2.41 bits per heavy atom. The van der Waals surface area contributed by atoms with E-state index >= 15 is 0 Å². The molecule has 1 atom stereocenters. The van der Waals surface area contributed by atoms with Crippen LogP contribution >= 0.6 is 11.6 Å². The van der Waals surface area contributed by atoms with Gasteiger partial charge < -0.3 is 10.6 Å². The number of nitrogens with one attached hydrogen (secondary N) is 1. The zero-order valence-electron chi connectivity index (χ0n) is 17.6. The number of carbonyl (C=O) groups excluding carboxylic acids is 2. The van der Waals surface area contributed by atoms with Crippen molar-refractivity contribution in [1.82, 2.24) is 4.90 Å². The Balaban J connectivity index is 1.75. The van der Waals surface area contributed by atoms with Crippen LogP contribution in [0.5, 0.6) is 0 Å². The van der Waals surface area contributed by atoms with Crippen molar-refractivity contribution >= 4 is 50.9 Å². The molecule has 0 aliphatic carbocycles. The molecule has 170 valence electrons. The molecule has 1 unspecified atom stereocenters. The lowest BCUT2D eigenvalue weighted by atomic mass is 10.2. The average molecular weight is 477 g/mol. The summed E-state index contributed by atoms with van der Waals surface area (Å²) < 4.78 is 25.0. The predicted octanol–water partition coefficient (Wildman–Crippen LogP) is 2.32. The monoisotopic (exact) mass is 476 g/mol. The number of nitrogens with zero attached hydrogens (tertiary/aromatic N) is 2. The van der Waals surface area contributed by atoms with E-state index in [0.29, 0.717) is 35.1 Å². The van der Waals surface area contributed by atoms with Gasteiger partial charge in [-0.05, 0) is 54.5 Å². The van der Waals surface area contributed by atoms with Gasteiger partial charge >= 0.3 is 0 Å². The Kier molecular flexibility index (Phi) is 7.55. The molecule has 2 amide bonds. The Bertz CT molecular complexity index is 1100. The minimum atomic E-state index is -3.36. The molecule has 1 fully saturated rings. The number of rotatable bonds is 7. The first-order chi connectivity index (χ1) is 15.1. The van der Waals surface area contributed by atoms with E-state index in [4.69, 9.17) is 17.3 Å². The molecule has 0 spiro atoms. The van der Waals surface area contributed by atoms with Crippen molar-refractivity contribution in [2.75, 3.05) is 35.5 Å². The highest BCUT2D eigenvalue weighted by atomic mass is 35.5. The van der Waals surface area contributed by atoms with Crippen molar-refractivity contribution in [3.8, 4) is 0 Å². The maximum atomic E-state index is 13.0. The van der Waals surface area contributed by atoms with Crippen LogP contribution in [0.2, 0.25) is 5.02 Å². The molecule has 0 saturated carbocycles. The van der Waals surface area contributed by atoms with E-state index in [9.17, 15) is 18.0 Å². The summed E-state index contributed by atoms with van der Waals surface area (Å²) >= 11 is 5.97. The number of hydrogen-bond donors (Lipinski definition) is 2. The number of amides is 2. The van der Waals surface area contributed by atoms with E-state index in [2.05, 4.69) is 4.72 Å². The number of halogens is 1. The molecule has 1 aliphatic heterocycles. The van der Waals surface area contributed by atoms with E-state index in [1.165, 1.54) is 11.0 Å². The van der Waals surface area contributed by atoms with Gasteiger partial charge in [0.05, 0.1) is 6.26 Å². The van der Waals surface area contributed by atoms with Gasteiger partial charge in [-0.3, -0.25) is 19.2 Å². The van der Waals surface area contributed by atoms with Crippen molar-refractivity contribution < 1.29 is 18.0 Å². The minimum Gasteiger partial charge on any atom is -0.340 e. The summed E-state index contributed by atoms with van der Waals surface area (Å²) in [6, 6.07) is 13.2. The number of nitrogens with two attached hydrogens (primary N) is 1. The zero-order chi connectivity index (χ0) is 23.3. The molecule has 0 aromatic heterocycles. The average Bonchev–Trinajstić information content (AvgIpc) is 3.17. The van der Waals surface area contributed by atoms with E-state index < -0.39 is 10.0 Å². The van der Waals surface area contributed by atoms with Crippen molar-refractivity contribution in [3.05, 3.63) is 65.2 Å². The lowest BCUT2D eigenvalue weighted by Gasteiger charge is -2.24. The normalized spacial score (nSPS) is 16.3. The largest absolute Gasteiger partial charge is 0.340 e. The van der Waals surface area contributed by atoms with Crippen LogP contribution < -0.4 is 15.4 Å². The van der Waals surface area contributed by atoms with Crippen molar-refractivity contribution in [2.45, 2.75) is 12.5 Å². The van der Waals surface area contributed by atoms with Gasteiger partial charge in [-0.15, -0.1) is 0 Å². The molecule has 3 N–H and O–H groups in total. The second kappa shape index (κ2) is 10.2. The molecule has 1 heterocycles. The highest BCUT2D eigenvalue weighted by Crippen LogP contribution is 2.20. The fraction of sp³-hybridized carbons (Fsp3) is 0.273. The first kappa shape index (κ1) is 23.8. The quantitative estimate of drug-likeness (QED) is 0.595. The maximum absolute atomic E-state index is 13.0. The number of anilines is 2. The Morgan fingerprint density at radius 2 is 1.84 bits per heavy atom. The smallest absolute Gasteiger partial charge is 0.251 e. The molecule has 0 bridgehead atoms. The Morgan fingerprint density at radius 1 is 1.19 bits per heavy atom. The van der Waals surface area contributed by atoms with Crippen LogP contribution in [-0.2, 0) is 19.6 Å². The lowest BCUT2D eigenvalue weighted by molar-refractivity contribution is -0.130. The van der Waals surface area contributed by atoms with Crippen LogP contribution in [0.1, 0.15) is 12.0 Å². The van der Waals surface area contributed by atoms with E-state index in [1.54, 1.807) is 59.5 Å². The van der Waals surface area contributed by atoms with Gasteiger partial charge in [-0.2, -0.15) is 0 Å². The standard InChI is InChI=1S/C22H25ClN4O4S/c1-32(30,31)25-19-7-2-16(3-8-19)4-11-21(28)27(20-9-5-17(23)6-10-20)15-22(29)26-13-12-18(24)14-26/h2-11,18,25H,12-15,24H2,1H3/b11-4-. The summed E-state index contributed by atoms with van der Waals surface area (Å²) in [7, 11) is -3.36. The lowest BCUT2D eigenvalue weighted by Crippen LogP contribution is -2.42. The molecule has 1 aliphatic rings. The number of benzene rings is 2. The van der Waals surface area contributed by atoms with Crippen LogP contribution in [0, 0.1) is 0 Å². The third-order valence-corrected chi connectivity index (χ3v) is 5.77. The molecule has 2 aromatic rings. The molecule has 2 aromatic carbocycles. The number of hydrogen-bond acceptors (Lipinski definition) is 5. The van der Waals surface area contributed by atoms with Crippen molar-refractivity contribution in [2.24, 2.45) is 5.73 Å². The summed E-state index contributed by atoms with van der Waals surface area (Å²) in [5.74, 6) is -0.548. The number of sulfonamides is 1. The first-order valence-corrected chi connectivity index (χ1v) is 12.2. The van der Waals surface area contributed by atoms with Crippen molar-refractivity contribution in [1.29, 1.82) is 0 Å². The van der Waals surface area contributed by atoms with E-state index in [0.717, 1.165) is 12.7 Å². The topological polar surface area (TPSA) is 113 Å². The van der Waals surface area contributed by atoms with E-state index in [-0.39, 0.29) is 24.4 Å². The van der Waals surface area contributed by atoms with Gasteiger partial charge in [0.1, 0.15) is 6.54 Å². The Labute approximate surface area is 192 Å². The van der Waals surface area contributed by atoms with Crippen LogP contribution in [0.25, 0.3) is 6.08 Å². The Hall–Kier alpha value is -2.88. The van der Waals surface area contributed by atoms with Crippen LogP contribution in [-0.4, -0.2) is 57.1 Å². The van der Waals surface area contributed by atoms with Gasteiger partial charge in [0.15, 0.2) is 0 Å². The maximum Gasteiger partial charge on any atom is 0.251 e. The van der Waals surface area contributed by atoms with Crippen LogP contribution in [0.4, 0.5) is 11.4 Å². The van der Waals surface area contributed by atoms with E-state index in [1.807, 2.05) is 0 Å². The van der Waals surface area contributed by atoms with Gasteiger partial charge in [0.2, 0.25) is 15.9 Å². The highest BCUT2D eigenvalue weighted by Gasteiger charge is 2.26. The number of carbonyl (C=O) groups is 2. The molecule has 8 nitrogen and oxygen atoms in total. The summed E-state index contributed by atoms with van der Waals surface area (Å²) in [6.07, 6.45) is 4.79. The molecular weight excluding hydrogens is 452 g/mol. The summed E-state index contributed by atoms with van der Waals surface area (Å²) in [6.45, 7) is 0.937. The van der Waals surface area contributed by atoms with Gasteiger partial charge in [0.25, 0.3) is 5.91 Å². The van der Waals surface area contributed by atoms with Crippen LogP contribution in [0.15, 0.2) is 54.6 Å². The SMILES string of the molecule is CS(=O)(=O)Nc1ccc(/C=C\C(=O)N(CC(=O)N2CCC(N)C2)c2ccc(Cl)cc2)cc1. The zero-order valence-corrected chi connectivity index (χ0v) is 19.1. The summed E-state index contributed by atoms with van der Waals surface area (Å²) in [4.78, 5) is 28.8. The molecule has 0 radical (unpaired) electrons. The van der Waals surface area contributed by atoms with Gasteiger partial charge in [-0.1, -0.05) is 23.7 Å². The fourth-order valence-corrected chi connectivity index (χ4v) is 3.99. The van der Waals surface area contributed by atoms with Gasteiger partial charge in [0, 0.05) is 41.6 Å². The molecule has 32 heavy (non-hydrogen) atoms.